The van der Waals surface area contributed by atoms with Gasteiger partial charge in [-0.15, -0.1) is 0 Å². The largest absolute Gasteiger partial charge is 0.389 e. The fraction of sp³-hybridized carbons (Fsp3) is 0.794. The molecule has 3 heterocycles. The molecule has 47 heavy (non-hydrogen) atoms. The predicted octanol–water partition coefficient (Wildman–Crippen LogP) is 5.76. The lowest BCUT2D eigenvalue weighted by Crippen LogP contribution is -2.57. The molecule has 266 valence electrons. The SMILES string of the molecule is CC1(C)CC([C@H](c2ccc(Cl)cc2)[C@H](NCCCC(F)(F)F)C(=O)N[C@H]2CCC[C@@H]2CC[C@H]2CNC3CCCS(=O)(=O)N2C3)CCO1. The van der Waals surface area contributed by atoms with Crippen LogP contribution in [0.5, 0.6) is 0 Å². The van der Waals surface area contributed by atoms with Crippen molar-refractivity contribution >= 4 is 27.5 Å². The Morgan fingerprint density at radius 1 is 1.13 bits per heavy atom. The van der Waals surface area contributed by atoms with E-state index in [-0.39, 0.29) is 60.5 Å². The fourth-order valence-corrected chi connectivity index (χ4v) is 10.4. The van der Waals surface area contributed by atoms with E-state index >= 15 is 0 Å². The van der Waals surface area contributed by atoms with Crippen LogP contribution in [0.2, 0.25) is 5.02 Å². The molecule has 13 heteroatoms. The highest BCUT2D eigenvalue weighted by atomic mass is 35.5. The second kappa shape index (κ2) is 15.6. The number of hydrogen-bond acceptors (Lipinski definition) is 6. The van der Waals surface area contributed by atoms with Gasteiger partial charge in [0.2, 0.25) is 15.9 Å². The number of sulfonamides is 1. The standard InChI is InChI=1S/C34H52ClF3N4O4S/c1-33(2)20-25(15-18-46-33)30(24-9-12-26(35)13-10-24)31(39-17-5-16-34(36,37)38)32(43)41-29-8-3-6-23(29)11-14-28-21-40-27-7-4-19-47(44,45)42(28)22-27/h9-10,12-13,23,25,27-31,39-40H,3-8,11,14-22H2,1-2H3,(H,41,43)/t23-,25?,27?,28+,29+,30+,31+/m1/s1. The van der Waals surface area contributed by atoms with E-state index in [0.29, 0.717) is 37.6 Å². The Labute approximate surface area is 283 Å². The molecule has 3 saturated heterocycles. The molecule has 8 nitrogen and oxygen atoms in total. The number of halogens is 4. The van der Waals surface area contributed by atoms with Crippen molar-refractivity contribution in [1.29, 1.82) is 0 Å². The van der Waals surface area contributed by atoms with Gasteiger partial charge in [-0.05, 0) is 108 Å². The summed E-state index contributed by atoms with van der Waals surface area (Å²) in [7, 11) is -3.28. The van der Waals surface area contributed by atoms with Crippen LogP contribution in [-0.4, -0.2) is 86.6 Å². The molecular formula is C34H52ClF3N4O4S. The Kier molecular flexibility index (Phi) is 12.2. The van der Waals surface area contributed by atoms with Crippen LogP contribution in [0.1, 0.15) is 96.0 Å². The minimum atomic E-state index is -4.27. The lowest BCUT2D eigenvalue weighted by atomic mass is 9.73. The number of amides is 1. The zero-order chi connectivity index (χ0) is 33.8. The van der Waals surface area contributed by atoms with Gasteiger partial charge >= 0.3 is 6.18 Å². The quantitative estimate of drug-likeness (QED) is 0.240. The minimum Gasteiger partial charge on any atom is -0.376 e. The number of fused-ring (bicyclic) bond motifs is 2. The summed E-state index contributed by atoms with van der Waals surface area (Å²) in [5.74, 6) is -0.0389. The van der Waals surface area contributed by atoms with E-state index in [1.54, 1.807) is 16.4 Å². The lowest BCUT2D eigenvalue weighted by Gasteiger charge is -2.42. The number of alkyl halides is 3. The Hall–Kier alpha value is -1.44. The first-order chi connectivity index (χ1) is 22.2. The molecule has 2 bridgehead atoms. The number of piperazine rings is 1. The van der Waals surface area contributed by atoms with Crippen molar-refractivity contribution in [1.82, 2.24) is 20.3 Å². The van der Waals surface area contributed by atoms with Crippen LogP contribution in [0.4, 0.5) is 13.2 Å². The molecule has 0 radical (unpaired) electrons. The van der Waals surface area contributed by atoms with Crippen molar-refractivity contribution in [3.05, 3.63) is 34.9 Å². The van der Waals surface area contributed by atoms with Gasteiger partial charge in [0.1, 0.15) is 0 Å². The van der Waals surface area contributed by atoms with E-state index in [1.807, 2.05) is 26.0 Å². The third kappa shape index (κ3) is 10.1. The summed E-state index contributed by atoms with van der Waals surface area (Å²) < 4.78 is 72.9. The Bertz CT molecular complexity index is 1300. The average Bonchev–Trinajstić information content (AvgIpc) is 3.39. The van der Waals surface area contributed by atoms with Crippen LogP contribution in [0.15, 0.2) is 24.3 Å². The van der Waals surface area contributed by atoms with Crippen molar-refractivity contribution in [3.63, 3.8) is 0 Å². The topological polar surface area (TPSA) is 99.8 Å². The molecule has 4 fully saturated rings. The van der Waals surface area contributed by atoms with E-state index in [9.17, 15) is 26.4 Å². The summed E-state index contributed by atoms with van der Waals surface area (Å²) in [6, 6.07) is 6.73. The first-order valence-electron chi connectivity index (χ1n) is 17.4. The van der Waals surface area contributed by atoms with Gasteiger partial charge in [0.15, 0.2) is 0 Å². The van der Waals surface area contributed by atoms with Crippen molar-refractivity contribution in [2.24, 2.45) is 11.8 Å². The molecule has 3 N–H and O–H groups in total. The number of rotatable bonds is 12. The number of benzene rings is 1. The number of ether oxygens (including phenoxy) is 1. The van der Waals surface area contributed by atoms with Crippen LogP contribution in [0, 0.1) is 11.8 Å². The molecule has 8 atom stereocenters. The number of hydrogen-bond donors (Lipinski definition) is 3. The van der Waals surface area contributed by atoms with Crippen LogP contribution < -0.4 is 16.0 Å². The fourth-order valence-electron chi connectivity index (χ4n) is 8.43. The Morgan fingerprint density at radius 3 is 2.62 bits per heavy atom. The molecule has 0 aromatic heterocycles. The van der Waals surface area contributed by atoms with Gasteiger partial charge < -0.3 is 20.7 Å². The van der Waals surface area contributed by atoms with Crippen LogP contribution >= 0.6 is 11.6 Å². The molecule has 4 aliphatic rings. The van der Waals surface area contributed by atoms with Gasteiger partial charge in [-0.2, -0.15) is 17.5 Å². The van der Waals surface area contributed by atoms with Crippen molar-refractivity contribution in [3.8, 4) is 0 Å². The number of nitrogens with zero attached hydrogens (tertiary/aromatic N) is 1. The summed E-state index contributed by atoms with van der Waals surface area (Å²) in [5.41, 5.74) is 0.529. The van der Waals surface area contributed by atoms with Crippen molar-refractivity contribution < 1.29 is 31.1 Å². The molecule has 1 aliphatic carbocycles. The predicted molar refractivity (Wildman–Crippen MR) is 178 cm³/mol. The first-order valence-corrected chi connectivity index (χ1v) is 19.4. The summed E-state index contributed by atoms with van der Waals surface area (Å²) in [6.45, 7) is 5.83. The van der Waals surface area contributed by atoms with Gasteiger partial charge in [0, 0.05) is 55.2 Å². The maximum absolute atomic E-state index is 14.3. The number of carbonyl (C=O) groups excluding carboxylic acids is 1. The highest BCUT2D eigenvalue weighted by Gasteiger charge is 2.43. The molecule has 3 aliphatic heterocycles. The summed E-state index contributed by atoms with van der Waals surface area (Å²) in [6.07, 6.45) is 1.91. The smallest absolute Gasteiger partial charge is 0.376 e. The number of nitrogens with one attached hydrogen (secondary N) is 3. The first kappa shape index (κ1) is 36.8. The van der Waals surface area contributed by atoms with Gasteiger partial charge in [-0.3, -0.25) is 4.79 Å². The molecular weight excluding hydrogens is 653 g/mol. The average molecular weight is 705 g/mol. The summed E-state index contributed by atoms with van der Waals surface area (Å²) >= 11 is 6.24. The van der Waals surface area contributed by atoms with Gasteiger partial charge in [-0.1, -0.05) is 30.2 Å². The molecule has 0 spiro atoms. The summed E-state index contributed by atoms with van der Waals surface area (Å²) in [5, 5.41) is 10.7. The van der Waals surface area contributed by atoms with E-state index in [1.165, 1.54) is 0 Å². The van der Waals surface area contributed by atoms with E-state index < -0.39 is 34.3 Å². The van der Waals surface area contributed by atoms with Crippen molar-refractivity contribution in [2.45, 2.75) is 126 Å². The molecule has 1 aromatic carbocycles. The normalized spacial score (nSPS) is 31.9. The van der Waals surface area contributed by atoms with Crippen LogP contribution in [0.25, 0.3) is 0 Å². The van der Waals surface area contributed by atoms with E-state index in [2.05, 4.69) is 16.0 Å². The second-order valence-electron chi connectivity index (χ2n) is 14.8. The zero-order valence-corrected chi connectivity index (χ0v) is 29.2. The minimum absolute atomic E-state index is 0.0579. The summed E-state index contributed by atoms with van der Waals surface area (Å²) in [4.78, 5) is 14.3. The number of carbonyl (C=O) groups is 1. The highest BCUT2D eigenvalue weighted by molar-refractivity contribution is 7.89. The molecule has 1 amide bonds. The monoisotopic (exact) mass is 704 g/mol. The third-order valence-electron chi connectivity index (χ3n) is 10.8. The highest BCUT2D eigenvalue weighted by Crippen LogP contribution is 2.41. The zero-order valence-electron chi connectivity index (χ0n) is 27.7. The van der Waals surface area contributed by atoms with Gasteiger partial charge in [-0.25, -0.2) is 8.42 Å². The molecule has 5 rings (SSSR count). The lowest BCUT2D eigenvalue weighted by molar-refractivity contribution is -0.135. The molecule has 3 unspecified atom stereocenters. The van der Waals surface area contributed by atoms with Gasteiger partial charge in [0.25, 0.3) is 0 Å². The third-order valence-corrected chi connectivity index (χ3v) is 13.0. The molecule has 1 saturated carbocycles. The molecule has 1 aromatic rings. The second-order valence-corrected chi connectivity index (χ2v) is 17.2. The Morgan fingerprint density at radius 2 is 1.89 bits per heavy atom. The van der Waals surface area contributed by atoms with Crippen LogP contribution in [0.3, 0.4) is 0 Å². The van der Waals surface area contributed by atoms with Gasteiger partial charge in [0.05, 0.1) is 17.4 Å². The van der Waals surface area contributed by atoms with Crippen LogP contribution in [-0.2, 0) is 19.6 Å². The van der Waals surface area contributed by atoms with E-state index in [0.717, 1.165) is 50.5 Å². The maximum atomic E-state index is 14.3. The van der Waals surface area contributed by atoms with Crippen molar-refractivity contribution in [2.75, 3.05) is 32.0 Å². The maximum Gasteiger partial charge on any atom is 0.389 e. The van der Waals surface area contributed by atoms with E-state index in [4.69, 9.17) is 16.3 Å². The Balaban J connectivity index is 1.32.